The van der Waals surface area contributed by atoms with Gasteiger partial charge in [-0.2, -0.15) is 0 Å². The fourth-order valence-electron chi connectivity index (χ4n) is 2.97. The number of aromatic nitrogens is 2. The molecule has 0 atom stereocenters. The molecule has 0 unspecified atom stereocenters. The van der Waals surface area contributed by atoms with E-state index in [9.17, 15) is 9.90 Å². The lowest BCUT2D eigenvalue weighted by atomic mass is 10.0. The van der Waals surface area contributed by atoms with Gasteiger partial charge in [0.05, 0.1) is 22.5 Å². The van der Waals surface area contributed by atoms with Crippen LogP contribution in [0.4, 0.5) is 5.69 Å². The number of aromatic hydroxyl groups is 1. The van der Waals surface area contributed by atoms with Crippen LogP contribution in [0.25, 0.3) is 22.2 Å². The Labute approximate surface area is 156 Å². The molecule has 0 aliphatic rings. The van der Waals surface area contributed by atoms with Crippen molar-refractivity contribution in [1.29, 1.82) is 0 Å². The molecule has 5 heteroatoms. The molecule has 4 aromatic rings. The molecule has 132 valence electrons. The van der Waals surface area contributed by atoms with E-state index in [2.05, 4.69) is 15.3 Å². The van der Waals surface area contributed by atoms with E-state index in [0.717, 1.165) is 22.0 Å². The Morgan fingerprint density at radius 2 is 1.89 bits per heavy atom. The van der Waals surface area contributed by atoms with Crippen LogP contribution in [0.15, 0.2) is 73.1 Å². The number of pyridine rings is 2. The first-order chi connectivity index (χ1) is 13.1. The van der Waals surface area contributed by atoms with Gasteiger partial charge in [-0.1, -0.05) is 24.3 Å². The van der Waals surface area contributed by atoms with Crippen LogP contribution in [0.2, 0.25) is 0 Å². The van der Waals surface area contributed by atoms with E-state index in [4.69, 9.17) is 0 Å². The first-order valence-electron chi connectivity index (χ1n) is 8.53. The van der Waals surface area contributed by atoms with Crippen molar-refractivity contribution in [2.45, 2.75) is 6.92 Å². The minimum atomic E-state index is -0.306. The fourth-order valence-corrected chi connectivity index (χ4v) is 2.97. The quantitative estimate of drug-likeness (QED) is 0.528. The predicted octanol–water partition coefficient (Wildman–Crippen LogP) is 4.56. The summed E-state index contributed by atoms with van der Waals surface area (Å²) >= 11 is 0. The van der Waals surface area contributed by atoms with Crippen molar-refractivity contribution in [2.24, 2.45) is 0 Å². The molecule has 0 saturated heterocycles. The number of nitrogens with zero attached hydrogens (tertiary/aromatic N) is 2. The van der Waals surface area contributed by atoms with Crippen molar-refractivity contribution < 1.29 is 9.90 Å². The predicted molar refractivity (Wildman–Crippen MR) is 106 cm³/mol. The van der Waals surface area contributed by atoms with Crippen LogP contribution in [0.3, 0.4) is 0 Å². The standard InChI is InChI=1S/C22H17N3O2/c1-14-8-9-21(26)20(11-14)25-22(27)17-12-19(15-5-4-10-23-13-15)24-18-7-3-2-6-16(17)18/h2-13,26H,1H3,(H,25,27). The number of phenolic OH excluding ortho intramolecular Hbond substituents is 1. The molecule has 0 fully saturated rings. The number of nitrogens with one attached hydrogen (secondary N) is 1. The molecule has 0 aliphatic heterocycles. The third-order valence-electron chi connectivity index (χ3n) is 4.32. The van der Waals surface area contributed by atoms with Gasteiger partial charge in [-0.25, -0.2) is 4.98 Å². The first-order valence-corrected chi connectivity index (χ1v) is 8.53. The summed E-state index contributed by atoms with van der Waals surface area (Å²) in [6, 6.07) is 18.1. The second-order valence-electron chi connectivity index (χ2n) is 6.29. The topological polar surface area (TPSA) is 75.1 Å². The highest BCUT2D eigenvalue weighted by atomic mass is 16.3. The van der Waals surface area contributed by atoms with E-state index in [1.54, 1.807) is 36.7 Å². The number of rotatable bonds is 3. The van der Waals surface area contributed by atoms with Crippen molar-refractivity contribution in [3.05, 3.63) is 84.2 Å². The Morgan fingerprint density at radius 3 is 2.70 bits per heavy atom. The van der Waals surface area contributed by atoms with Gasteiger partial charge in [0.1, 0.15) is 5.75 Å². The van der Waals surface area contributed by atoms with Gasteiger partial charge in [-0.3, -0.25) is 9.78 Å². The Hall–Kier alpha value is -3.73. The number of anilines is 1. The third-order valence-corrected chi connectivity index (χ3v) is 4.32. The van der Waals surface area contributed by atoms with Gasteiger partial charge >= 0.3 is 0 Å². The molecule has 5 nitrogen and oxygen atoms in total. The molecule has 2 N–H and O–H groups in total. The summed E-state index contributed by atoms with van der Waals surface area (Å²) in [5, 5.41) is 13.6. The maximum Gasteiger partial charge on any atom is 0.256 e. The minimum absolute atomic E-state index is 0.0276. The van der Waals surface area contributed by atoms with Crippen LogP contribution in [-0.4, -0.2) is 21.0 Å². The van der Waals surface area contributed by atoms with E-state index >= 15 is 0 Å². The molecule has 1 amide bonds. The molecule has 2 aromatic carbocycles. The average molecular weight is 355 g/mol. The highest BCUT2D eigenvalue weighted by Crippen LogP contribution is 2.28. The summed E-state index contributed by atoms with van der Waals surface area (Å²) < 4.78 is 0. The number of hydrogen-bond donors (Lipinski definition) is 2. The Bertz CT molecular complexity index is 1140. The normalized spacial score (nSPS) is 10.7. The lowest BCUT2D eigenvalue weighted by Crippen LogP contribution is -2.13. The van der Waals surface area contributed by atoms with Gasteiger partial charge < -0.3 is 10.4 Å². The molecule has 2 heterocycles. The maximum absolute atomic E-state index is 13.0. The number of amides is 1. The van der Waals surface area contributed by atoms with E-state index in [1.165, 1.54) is 0 Å². The molecule has 0 radical (unpaired) electrons. The van der Waals surface area contributed by atoms with Crippen molar-refractivity contribution in [3.8, 4) is 17.0 Å². The fraction of sp³-hybridized carbons (Fsp3) is 0.0455. The van der Waals surface area contributed by atoms with Gasteiger partial charge in [-0.15, -0.1) is 0 Å². The summed E-state index contributed by atoms with van der Waals surface area (Å²) in [6.45, 7) is 1.90. The Kier molecular flexibility index (Phi) is 4.26. The highest BCUT2D eigenvalue weighted by molar-refractivity contribution is 6.13. The van der Waals surface area contributed by atoms with Crippen molar-refractivity contribution in [1.82, 2.24) is 9.97 Å². The van der Waals surface area contributed by atoms with Crippen molar-refractivity contribution in [2.75, 3.05) is 5.32 Å². The van der Waals surface area contributed by atoms with Crippen LogP contribution in [0.5, 0.6) is 5.75 Å². The number of para-hydroxylation sites is 1. The second kappa shape index (κ2) is 6.88. The van der Waals surface area contributed by atoms with Crippen LogP contribution >= 0.6 is 0 Å². The number of carbonyl (C=O) groups excluding carboxylic acids is 1. The molecule has 0 aliphatic carbocycles. The largest absolute Gasteiger partial charge is 0.506 e. The number of phenols is 1. The molecule has 27 heavy (non-hydrogen) atoms. The number of benzene rings is 2. The number of carbonyl (C=O) groups is 1. The Morgan fingerprint density at radius 1 is 1.04 bits per heavy atom. The smallest absolute Gasteiger partial charge is 0.256 e. The van der Waals surface area contributed by atoms with Gasteiger partial charge in [-0.05, 0) is 48.9 Å². The molecule has 0 spiro atoms. The van der Waals surface area contributed by atoms with Gasteiger partial charge in [0.15, 0.2) is 0 Å². The average Bonchev–Trinajstić information content (AvgIpc) is 2.70. The maximum atomic E-state index is 13.0. The number of aryl methyl sites for hydroxylation is 1. The lowest BCUT2D eigenvalue weighted by molar-refractivity contribution is 0.102. The van der Waals surface area contributed by atoms with E-state index < -0.39 is 0 Å². The molecule has 4 rings (SSSR count). The SMILES string of the molecule is Cc1ccc(O)c(NC(=O)c2cc(-c3cccnc3)nc3ccccc23)c1. The van der Waals surface area contributed by atoms with Crippen molar-refractivity contribution >= 4 is 22.5 Å². The third kappa shape index (κ3) is 3.35. The number of hydrogen-bond acceptors (Lipinski definition) is 4. The van der Waals surface area contributed by atoms with E-state index in [0.29, 0.717) is 16.9 Å². The van der Waals surface area contributed by atoms with Crippen LogP contribution in [0, 0.1) is 6.92 Å². The zero-order valence-electron chi connectivity index (χ0n) is 14.7. The van der Waals surface area contributed by atoms with Gasteiger partial charge in [0.2, 0.25) is 0 Å². The zero-order chi connectivity index (χ0) is 18.8. The minimum Gasteiger partial charge on any atom is -0.506 e. The molecule has 0 bridgehead atoms. The Balaban J connectivity index is 1.82. The molecule has 2 aromatic heterocycles. The zero-order valence-corrected chi connectivity index (χ0v) is 14.7. The second-order valence-corrected chi connectivity index (χ2v) is 6.29. The lowest BCUT2D eigenvalue weighted by Gasteiger charge is -2.12. The summed E-state index contributed by atoms with van der Waals surface area (Å²) in [4.78, 5) is 21.8. The van der Waals surface area contributed by atoms with Gasteiger partial charge in [0, 0.05) is 23.3 Å². The molecule has 0 saturated carbocycles. The molecular weight excluding hydrogens is 338 g/mol. The van der Waals surface area contributed by atoms with Gasteiger partial charge in [0.25, 0.3) is 5.91 Å². The first kappa shape index (κ1) is 16.7. The monoisotopic (exact) mass is 355 g/mol. The van der Waals surface area contributed by atoms with Crippen LogP contribution in [0.1, 0.15) is 15.9 Å². The summed E-state index contributed by atoms with van der Waals surface area (Å²) in [5.74, 6) is -0.278. The number of fused-ring (bicyclic) bond motifs is 1. The van der Waals surface area contributed by atoms with Crippen LogP contribution in [-0.2, 0) is 0 Å². The van der Waals surface area contributed by atoms with E-state index in [1.807, 2.05) is 43.3 Å². The van der Waals surface area contributed by atoms with E-state index in [-0.39, 0.29) is 11.7 Å². The summed E-state index contributed by atoms with van der Waals surface area (Å²) in [5.41, 5.74) is 4.02. The molecular formula is C22H17N3O2. The summed E-state index contributed by atoms with van der Waals surface area (Å²) in [6.07, 6.45) is 3.41. The highest BCUT2D eigenvalue weighted by Gasteiger charge is 2.15. The summed E-state index contributed by atoms with van der Waals surface area (Å²) in [7, 11) is 0. The van der Waals surface area contributed by atoms with Crippen molar-refractivity contribution in [3.63, 3.8) is 0 Å². The van der Waals surface area contributed by atoms with Crippen LogP contribution < -0.4 is 5.32 Å².